The predicted octanol–water partition coefficient (Wildman–Crippen LogP) is -0.307. The number of amides is 3. The highest BCUT2D eigenvalue weighted by molar-refractivity contribution is 6.02. The van der Waals surface area contributed by atoms with Crippen LogP contribution in [0.1, 0.15) is 6.92 Å². The second-order valence-corrected chi connectivity index (χ2v) is 4.77. The fraction of sp³-hybridized carbons (Fsp3) is 0.308. The van der Waals surface area contributed by atoms with Gasteiger partial charge in [-0.3, -0.25) is 24.6 Å². The Labute approximate surface area is 120 Å². The van der Waals surface area contributed by atoms with Crippen molar-refractivity contribution in [2.45, 2.75) is 13.0 Å². The van der Waals surface area contributed by atoms with Gasteiger partial charge in [-0.05, 0) is 25.1 Å². The molecule has 1 aromatic carbocycles. The number of piperazine rings is 1. The minimum absolute atomic E-state index is 0.0424. The summed E-state index contributed by atoms with van der Waals surface area (Å²) < 4.78 is 12.9. The first kappa shape index (κ1) is 14.9. The van der Waals surface area contributed by atoms with Crippen molar-refractivity contribution in [3.05, 3.63) is 24.0 Å². The lowest BCUT2D eigenvalue weighted by atomic mass is 10.2. The molecule has 1 unspecified atom stereocenters. The minimum Gasteiger partial charge on any atom is -0.397 e. The Hall–Kier alpha value is -2.48. The number of rotatable bonds is 3. The van der Waals surface area contributed by atoms with Crippen LogP contribution in [0.4, 0.5) is 15.8 Å². The van der Waals surface area contributed by atoms with Gasteiger partial charge in [0.2, 0.25) is 17.7 Å². The summed E-state index contributed by atoms with van der Waals surface area (Å²) in [6.07, 6.45) is 0. The van der Waals surface area contributed by atoms with Gasteiger partial charge in [-0.1, -0.05) is 0 Å². The van der Waals surface area contributed by atoms with Crippen LogP contribution in [0.5, 0.6) is 0 Å². The van der Waals surface area contributed by atoms with E-state index in [1.54, 1.807) is 6.92 Å². The second-order valence-electron chi connectivity index (χ2n) is 4.77. The molecular weight excluding hydrogens is 279 g/mol. The normalized spacial score (nSPS) is 19.2. The lowest BCUT2D eigenvalue weighted by Gasteiger charge is -2.30. The predicted molar refractivity (Wildman–Crippen MR) is 73.6 cm³/mol. The lowest BCUT2D eigenvalue weighted by Crippen LogP contribution is -2.58. The summed E-state index contributed by atoms with van der Waals surface area (Å²) in [4.78, 5) is 36.1. The van der Waals surface area contributed by atoms with Crippen molar-refractivity contribution in [2.75, 3.05) is 24.1 Å². The molecule has 21 heavy (non-hydrogen) atoms. The minimum atomic E-state index is -0.584. The van der Waals surface area contributed by atoms with Gasteiger partial charge in [0, 0.05) is 0 Å². The third-order valence-electron chi connectivity index (χ3n) is 3.17. The quantitative estimate of drug-likeness (QED) is 0.524. The first-order valence-corrected chi connectivity index (χ1v) is 6.29. The molecule has 0 aliphatic carbocycles. The highest BCUT2D eigenvalue weighted by Crippen LogP contribution is 2.19. The van der Waals surface area contributed by atoms with E-state index in [0.717, 1.165) is 6.07 Å². The standard InChI is InChI=1S/C13H15FN4O3/c1-7-13(21)17-12(20)6-18(7)5-11(19)16-10-3-2-8(14)4-9(10)15/h2-4,7H,5-6,15H2,1H3,(H,16,19)(H,17,20,21). The average Bonchev–Trinajstić information content (AvgIpc) is 2.38. The van der Waals surface area contributed by atoms with Crippen LogP contribution in [0.25, 0.3) is 0 Å². The molecule has 1 saturated heterocycles. The van der Waals surface area contributed by atoms with E-state index in [-0.39, 0.29) is 24.5 Å². The number of imide groups is 1. The van der Waals surface area contributed by atoms with Crippen LogP contribution in [-0.4, -0.2) is 41.8 Å². The number of nitrogen functional groups attached to an aromatic ring is 1. The zero-order valence-corrected chi connectivity index (χ0v) is 11.4. The summed E-state index contributed by atoms with van der Waals surface area (Å²) in [5, 5.41) is 4.70. The van der Waals surface area contributed by atoms with Gasteiger partial charge < -0.3 is 11.1 Å². The maximum Gasteiger partial charge on any atom is 0.243 e. The third kappa shape index (κ3) is 3.54. The molecule has 1 atom stereocenters. The molecule has 0 radical (unpaired) electrons. The molecule has 1 aliphatic heterocycles. The SMILES string of the molecule is CC1C(=O)NC(=O)CN1CC(=O)Nc1ccc(F)cc1N. The molecule has 1 aromatic rings. The van der Waals surface area contributed by atoms with E-state index in [1.807, 2.05) is 0 Å². The van der Waals surface area contributed by atoms with Crippen molar-refractivity contribution in [3.63, 3.8) is 0 Å². The molecule has 0 saturated carbocycles. The van der Waals surface area contributed by atoms with Crippen molar-refractivity contribution >= 4 is 29.1 Å². The Morgan fingerprint density at radius 3 is 2.90 bits per heavy atom. The number of hydrogen-bond donors (Lipinski definition) is 3. The summed E-state index contributed by atoms with van der Waals surface area (Å²) in [6.45, 7) is 1.41. The number of carbonyl (C=O) groups is 3. The summed E-state index contributed by atoms with van der Waals surface area (Å²) >= 11 is 0. The molecule has 0 bridgehead atoms. The number of nitrogens with two attached hydrogens (primary N) is 1. The van der Waals surface area contributed by atoms with Crippen molar-refractivity contribution in [1.29, 1.82) is 0 Å². The van der Waals surface area contributed by atoms with E-state index in [1.165, 1.54) is 17.0 Å². The van der Waals surface area contributed by atoms with Crippen molar-refractivity contribution in [2.24, 2.45) is 0 Å². The molecule has 1 heterocycles. The Kier molecular flexibility index (Phi) is 4.18. The van der Waals surface area contributed by atoms with Crippen LogP contribution in [-0.2, 0) is 14.4 Å². The maximum absolute atomic E-state index is 12.9. The molecule has 4 N–H and O–H groups in total. The van der Waals surface area contributed by atoms with Crippen molar-refractivity contribution in [1.82, 2.24) is 10.2 Å². The Balaban J connectivity index is 2.01. The van der Waals surface area contributed by atoms with Gasteiger partial charge in [-0.25, -0.2) is 4.39 Å². The largest absolute Gasteiger partial charge is 0.397 e. The molecule has 1 aliphatic rings. The second kappa shape index (κ2) is 5.88. The molecule has 0 aromatic heterocycles. The summed E-state index contributed by atoms with van der Waals surface area (Å²) in [5.74, 6) is -1.84. The van der Waals surface area contributed by atoms with Crippen LogP contribution in [0.3, 0.4) is 0 Å². The Bertz CT molecular complexity index is 605. The van der Waals surface area contributed by atoms with Crippen LogP contribution in [0.2, 0.25) is 0 Å². The average molecular weight is 294 g/mol. The maximum atomic E-state index is 12.9. The molecule has 112 valence electrons. The molecule has 2 rings (SSSR count). The fourth-order valence-corrected chi connectivity index (χ4v) is 1.98. The highest BCUT2D eigenvalue weighted by Gasteiger charge is 2.31. The molecular formula is C13H15FN4O3. The van der Waals surface area contributed by atoms with E-state index in [4.69, 9.17) is 5.73 Å². The lowest BCUT2D eigenvalue weighted by molar-refractivity contribution is -0.140. The molecule has 7 nitrogen and oxygen atoms in total. The number of nitrogens with zero attached hydrogens (tertiary/aromatic N) is 1. The fourth-order valence-electron chi connectivity index (χ4n) is 1.98. The van der Waals surface area contributed by atoms with E-state index in [2.05, 4.69) is 10.6 Å². The number of nitrogens with one attached hydrogen (secondary N) is 2. The van der Waals surface area contributed by atoms with Gasteiger partial charge in [0.15, 0.2) is 0 Å². The van der Waals surface area contributed by atoms with Gasteiger partial charge in [-0.15, -0.1) is 0 Å². The Morgan fingerprint density at radius 1 is 1.52 bits per heavy atom. The smallest absolute Gasteiger partial charge is 0.243 e. The number of benzene rings is 1. The van der Waals surface area contributed by atoms with Gasteiger partial charge in [0.25, 0.3) is 0 Å². The first-order chi connectivity index (χ1) is 9.86. The number of hydrogen-bond acceptors (Lipinski definition) is 5. The van der Waals surface area contributed by atoms with Gasteiger partial charge >= 0.3 is 0 Å². The summed E-state index contributed by atoms with van der Waals surface area (Å²) in [7, 11) is 0. The van der Waals surface area contributed by atoms with Crippen LogP contribution < -0.4 is 16.4 Å². The molecule has 3 amide bonds. The van der Waals surface area contributed by atoms with Crippen LogP contribution >= 0.6 is 0 Å². The molecule has 1 fully saturated rings. The topological polar surface area (TPSA) is 105 Å². The van der Waals surface area contributed by atoms with E-state index in [9.17, 15) is 18.8 Å². The number of anilines is 2. The monoisotopic (exact) mass is 294 g/mol. The number of carbonyl (C=O) groups excluding carboxylic acids is 3. The van der Waals surface area contributed by atoms with Crippen molar-refractivity contribution < 1.29 is 18.8 Å². The van der Waals surface area contributed by atoms with E-state index >= 15 is 0 Å². The number of halogens is 1. The van der Waals surface area contributed by atoms with E-state index < -0.39 is 29.6 Å². The third-order valence-corrected chi connectivity index (χ3v) is 3.17. The highest BCUT2D eigenvalue weighted by atomic mass is 19.1. The van der Waals surface area contributed by atoms with Gasteiger partial charge in [0.1, 0.15) is 5.82 Å². The van der Waals surface area contributed by atoms with Crippen molar-refractivity contribution in [3.8, 4) is 0 Å². The van der Waals surface area contributed by atoms with Gasteiger partial charge in [0.05, 0.1) is 30.5 Å². The zero-order chi connectivity index (χ0) is 15.6. The van der Waals surface area contributed by atoms with Crippen LogP contribution in [0, 0.1) is 5.82 Å². The molecule has 0 spiro atoms. The first-order valence-electron chi connectivity index (χ1n) is 6.29. The summed E-state index contributed by atoms with van der Waals surface area (Å²) in [5.41, 5.74) is 5.97. The summed E-state index contributed by atoms with van der Waals surface area (Å²) in [6, 6.07) is 3.03. The zero-order valence-electron chi connectivity index (χ0n) is 11.4. The van der Waals surface area contributed by atoms with E-state index in [0.29, 0.717) is 0 Å². The Morgan fingerprint density at radius 2 is 2.24 bits per heavy atom. The molecule has 8 heteroatoms. The van der Waals surface area contributed by atoms with Gasteiger partial charge in [-0.2, -0.15) is 0 Å². The van der Waals surface area contributed by atoms with Crippen LogP contribution in [0.15, 0.2) is 18.2 Å².